The number of nitrogens with one attached hydrogen (secondary N) is 1. The van der Waals surface area contributed by atoms with Crippen molar-refractivity contribution < 1.29 is 4.74 Å². The summed E-state index contributed by atoms with van der Waals surface area (Å²) in [4.78, 5) is 4.58. The third-order valence-electron chi connectivity index (χ3n) is 4.08. The molecule has 1 heterocycles. The molecule has 0 aliphatic rings. The van der Waals surface area contributed by atoms with Gasteiger partial charge in [-0.15, -0.1) is 11.3 Å². The van der Waals surface area contributed by atoms with Gasteiger partial charge in [0.05, 0.1) is 19.0 Å². The summed E-state index contributed by atoms with van der Waals surface area (Å²) < 4.78 is 5.43. The first-order valence-electron chi connectivity index (χ1n) is 8.21. The maximum atomic E-state index is 5.43. The van der Waals surface area contributed by atoms with E-state index in [1.165, 1.54) is 11.3 Å². The molecule has 0 unspecified atom stereocenters. The molecule has 1 N–H and O–H groups in total. The highest BCUT2D eigenvalue weighted by Gasteiger charge is 2.05. The molecule has 4 aromatic rings. The van der Waals surface area contributed by atoms with Crippen LogP contribution in [0.4, 0.5) is 5.13 Å². The molecule has 0 saturated carbocycles. The van der Waals surface area contributed by atoms with Crippen LogP contribution < -0.4 is 10.2 Å². The highest BCUT2D eigenvalue weighted by Crippen LogP contribution is 2.28. The number of hydrazone groups is 1. The number of rotatable bonds is 5. The fraction of sp³-hybridized carbons (Fsp3) is 0.0476. The average Bonchev–Trinajstić information content (AvgIpc) is 3.18. The smallest absolute Gasteiger partial charge is 0.203 e. The SMILES string of the molecule is COc1ccc(C=NNc2nc(-c3ccccc3)cs2)c2ccccc12. The minimum absolute atomic E-state index is 0.762. The lowest BCUT2D eigenvalue weighted by molar-refractivity contribution is 0.420. The summed E-state index contributed by atoms with van der Waals surface area (Å²) in [5.74, 6) is 0.859. The van der Waals surface area contributed by atoms with E-state index < -0.39 is 0 Å². The largest absolute Gasteiger partial charge is 0.496 e. The van der Waals surface area contributed by atoms with E-state index in [9.17, 15) is 0 Å². The van der Waals surface area contributed by atoms with E-state index in [4.69, 9.17) is 4.74 Å². The molecule has 4 rings (SSSR count). The highest BCUT2D eigenvalue weighted by molar-refractivity contribution is 7.14. The fourth-order valence-electron chi connectivity index (χ4n) is 2.81. The van der Waals surface area contributed by atoms with Crippen LogP contribution in [-0.2, 0) is 0 Å². The van der Waals surface area contributed by atoms with Gasteiger partial charge in [-0.2, -0.15) is 5.10 Å². The van der Waals surface area contributed by atoms with E-state index in [-0.39, 0.29) is 0 Å². The molecule has 0 aliphatic heterocycles. The summed E-state index contributed by atoms with van der Waals surface area (Å²) in [6.45, 7) is 0. The van der Waals surface area contributed by atoms with Gasteiger partial charge in [0.25, 0.3) is 0 Å². The molecule has 5 heteroatoms. The van der Waals surface area contributed by atoms with Crippen LogP contribution in [0.3, 0.4) is 0 Å². The van der Waals surface area contributed by atoms with Gasteiger partial charge in [0.1, 0.15) is 5.75 Å². The Morgan fingerprint density at radius 3 is 2.54 bits per heavy atom. The van der Waals surface area contributed by atoms with E-state index in [1.54, 1.807) is 7.11 Å². The first-order chi connectivity index (χ1) is 12.8. The van der Waals surface area contributed by atoms with E-state index in [1.807, 2.05) is 72.3 Å². The Hall–Kier alpha value is -3.18. The molecule has 0 bridgehead atoms. The van der Waals surface area contributed by atoms with Gasteiger partial charge in [0.15, 0.2) is 0 Å². The van der Waals surface area contributed by atoms with E-state index >= 15 is 0 Å². The normalized spacial score (nSPS) is 11.1. The highest BCUT2D eigenvalue weighted by atomic mass is 32.1. The average molecular weight is 359 g/mol. The van der Waals surface area contributed by atoms with Crippen molar-refractivity contribution in [2.75, 3.05) is 12.5 Å². The van der Waals surface area contributed by atoms with Gasteiger partial charge in [-0.3, -0.25) is 5.43 Å². The topological polar surface area (TPSA) is 46.5 Å². The number of aromatic nitrogens is 1. The quantitative estimate of drug-likeness (QED) is 0.382. The van der Waals surface area contributed by atoms with Crippen molar-refractivity contribution in [3.05, 3.63) is 77.7 Å². The molecule has 26 heavy (non-hydrogen) atoms. The van der Waals surface area contributed by atoms with Crippen molar-refractivity contribution in [1.29, 1.82) is 0 Å². The summed E-state index contributed by atoms with van der Waals surface area (Å²) >= 11 is 1.53. The summed E-state index contributed by atoms with van der Waals surface area (Å²) in [5, 5.41) is 9.31. The third kappa shape index (κ3) is 3.30. The number of benzene rings is 3. The maximum Gasteiger partial charge on any atom is 0.203 e. The van der Waals surface area contributed by atoms with Crippen LogP contribution in [0, 0.1) is 0 Å². The van der Waals surface area contributed by atoms with Crippen LogP contribution >= 0.6 is 11.3 Å². The van der Waals surface area contributed by atoms with Crippen molar-refractivity contribution in [3.63, 3.8) is 0 Å². The Morgan fingerprint density at radius 1 is 0.962 bits per heavy atom. The van der Waals surface area contributed by atoms with Gasteiger partial charge in [-0.05, 0) is 17.5 Å². The molecule has 0 atom stereocenters. The Morgan fingerprint density at radius 2 is 1.73 bits per heavy atom. The molecule has 3 aromatic carbocycles. The molecular formula is C21H17N3OS. The zero-order valence-corrected chi connectivity index (χ0v) is 15.0. The number of thiazole rings is 1. The number of ether oxygens (including phenoxy) is 1. The van der Waals surface area contributed by atoms with E-state index in [0.717, 1.165) is 38.5 Å². The fourth-order valence-corrected chi connectivity index (χ4v) is 3.48. The van der Waals surface area contributed by atoms with Crippen LogP contribution in [0.1, 0.15) is 5.56 Å². The van der Waals surface area contributed by atoms with Crippen LogP contribution in [0.25, 0.3) is 22.0 Å². The number of hydrogen-bond acceptors (Lipinski definition) is 5. The number of fused-ring (bicyclic) bond motifs is 1. The van der Waals surface area contributed by atoms with Gasteiger partial charge in [0, 0.05) is 21.9 Å². The molecule has 128 valence electrons. The summed E-state index contributed by atoms with van der Waals surface area (Å²) in [7, 11) is 1.68. The number of methoxy groups -OCH3 is 1. The molecule has 0 saturated heterocycles. The van der Waals surface area contributed by atoms with Crippen LogP contribution in [-0.4, -0.2) is 18.3 Å². The first kappa shape index (κ1) is 16.3. The molecule has 0 amide bonds. The second kappa shape index (κ2) is 7.37. The monoisotopic (exact) mass is 359 g/mol. The van der Waals surface area contributed by atoms with Gasteiger partial charge < -0.3 is 4.74 Å². The summed E-state index contributed by atoms with van der Waals surface area (Å²) in [6.07, 6.45) is 1.81. The van der Waals surface area contributed by atoms with E-state index in [0.29, 0.717) is 0 Å². The predicted molar refractivity (Wildman–Crippen MR) is 109 cm³/mol. The lowest BCUT2D eigenvalue weighted by Crippen LogP contribution is -1.93. The summed E-state index contributed by atoms with van der Waals surface area (Å²) in [6, 6.07) is 22.2. The minimum Gasteiger partial charge on any atom is -0.496 e. The number of nitrogens with zero attached hydrogens (tertiary/aromatic N) is 2. The maximum absolute atomic E-state index is 5.43. The molecule has 0 aliphatic carbocycles. The van der Waals surface area contributed by atoms with Crippen molar-refractivity contribution in [2.45, 2.75) is 0 Å². The Bertz CT molecular complexity index is 1060. The Kier molecular flexibility index (Phi) is 4.62. The van der Waals surface area contributed by atoms with Crippen molar-refractivity contribution in [3.8, 4) is 17.0 Å². The van der Waals surface area contributed by atoms with E-state index in [2.05, 4.69) is 21.6 Å². The Labute approximate surface area is 155 Å². The van der Waals surface area contributed by atoms with Gasteiger partial charge in [0.2, 0.25) is 5.13 Å². The zero-order valence-electron chi connectivity index (χ0n) is 14.2. The first-order valence-corrected chi connectivity index (χ1v) is 9.09. The van der Waals surface area contributed by atoms with Gasteiger partial charge in [-0.25, -0.2) is 4.98 Å². The Balaban J connectivity index is 1.55. The predicted octanol–water partition coefficient (Wildman–Crippen LogP) is 5.42. The summed E-state index contributed by atoms with van der Waals surface area (Å²) in [5.41, 5.74) is 6.09. The second-order valence-electron chi connectivity index (χ2n) is 5.68. The molecule has 0 radical (unpaired) electrons. The molecule has 0 spiro atoms. The molecule has 1 aromatic heterocycles. The minimum atomic E-state index is 0.762. The number of hydrogen-bond donors (Lipinski definition) is 1. The zero-order chi connectivity index (χ0) is 17.8. The lowest BCUT2D eigenvalue weighted by Gasteiger charge is -2.07. The van der Waals surface area contributed by atoms with Crippen LogP contribution in [0.2, 0.25) is 0 Å². The third-order valence-corrected chi connectivity index (χ3v) is 4.82. The second-order valence-corrected chi connectivity index (χ2v) is 6.53. The molecular weight excluding hydrogens is 342 g/mol. The lowest BCUT2D eigenvalue weighted by atomic mass is 10.0. The van der Waals surface area contributed by atoms with Crippen LogP contribution in [0.5, 0.6) is 5.75 Å². The molecule has 0 fully saturated rings. The standard InChI is InChI=1S/C21H17N3OS/c1-25-20-12-11-16(17-9-5-6-10-18(17)20)13-22-24-21-23-19(14-26-21)15-7-3-2-4-8-15/h2-14H,1H3,(H,23,24). The number of anilines is 1. The van der Waals surface area contributed by atoms with Crippen LogP contribution in [0.15, 0.2) is 77.2 Å². The van der Waals surface area contributed by atoms with Crippen molar-refractivity contribution >= 4 is 33.5 Å². The van der Waals surface area contributed by atoms with Crippen molar-refractivity contribution in [1.82, 2.24) is 4.98 Å². The van der Waals surface area contributed by atoms with Crippen molar-refractivity contribution in [2.24, 2.45) is 5.10 Å². The van der Waals surface area contributed by atoms with Gasteiger partial charge in [-0.1, -0.05) is 54.6 Å². The molecule has 4 nitrogen and oxygen atoms in total. The van der Waals surface area contributed by atoms with Gasteiger partial charge >= 0.3 is 0 Å².